The molecule has 1 amide bonds. The summed E-state index contributed by atoms with van der Waals surface area (Å²) in [6, 6.07) is 10.9. The number of amides is 1. The Labute approximate surface area is 147 Å². The van der Waals surface area contributed by atoms with Gasteiger partial charge in [0.15, 0.2) is 5.82 Å². The fourth-order valence-electron chi connectivity index (χ4n) is 2.26. The van der Waals surface area contributed by atoms with Crippen molar-refractivity contribution in [1.29, 1.82) is 0 Å². The lowest BCUT2D eigenvalue weighted by Gasteiger charge is -2.11. The van der Waals surface area contributed by atoms with Crippen LogP contribution in [0.3, 0.4) is 0 Å². The highest BCUT2D eigenvalue weighted by Gasteiger charge is 2.13. The molecule has 0 atom stereocenters. The third-order valence-electron chi connectivity index (χ3n) is 3.44. The van der Waals surface area contributed by atoms with Gasteiger partial charge in [0.2, 0.25) is 5.28 Å². The van der Waals surface area contributed by atoms with E-state index in [0.717, 1.165) is 5.56 Å². The Kier molecular flexibility index (Phi) is 4.44. The Morgan fingerprint density at radius 1 is 1.20 bits per heavy atom. The lowest BCUT2D eigenvalue weighted by atomic mass is 10.1. The van der Waals surface area contributed by atoms with Gasteiger partial charge in [-0.2, -0.15) is 4.98 Å². The Morgan fingerprint density at radius 2 is 2.00 bits per heavy atom. The molecule has 1 heterocycles. The Bertz CT molecular complexity index is 993. The van der Waals surface area contributed by atoms with Crippen molar-refractivity contribution in [2.45, 2.75) is 6.92 Å². The highest BCUT2D eigenvalue weighted by atomic mass is 35.5. The van der Waals surface area contributed by atoms with Gasteiger partial charge in [-0.15, -0.1) is 0 Å². The molecule has 1 aromatic heterocycles. The number of hydrogen-bond donors (Lipinski definition) is 2. The van der Waals surface area contributed by atoms with Crippen LogP contribution in [0.2, 0.25) is 5.28 Å². The first kappa shape index (κ1) is 16.6. The minimum atomic E-state index is -0.565. The lowest BCUT2D eigenvalue weighted by Crippen LogP contribution is -2.30. The molecule has 0 bridgehead atoms. The molecule has 3 rings (SSSR count). The largest absolute Gasteiger partial charge is 0.281 e. The molecule has 2 aromatic carbocycles. The van der Waals surface area contributed by atoms with Crippen molar-refractivity contribution in [2.24, 2.45) is 0 Å². The first-order valence-corrected chi connectivity index (χ1v) is 7.56. The van der Waals surface area contributed by atoms with E-state index >= 15 is 0 Å². The molecule has 8 nitrogen and oxygen atoms in total. The van der Waals surface area contributed by atoms with E-state index < -0.39 is 10.8 Å². The van der Waals surface area contributed by atoms with Crippen molar-refractivity contribution < 1.29 is 9.72 Å². The van der Waals surface area contributed by atoms with E-state index in [1.165, 1.54) is 24.3 Å². The number of nitrogens with one attached hydrogen (secondary N) is 2. The number of halogens is 1. The predicted octanol–water partition coefficient (Wildman–Crippen LogP) is 3.26. The van der Waals surface area contributed by atoms with Gasteiger partial charge in [-0.05, 0) is 36.7 Å². The summed E-state index contributed by atoms with van der Waals surface area (Å²) < 4.78 is 0. The second kappa shape index (κ2) is 6.70. The third kappa shape index (κ3) is 3.64. The Balaban J connectivity index is 1.85. The second-order valence-corrected chi connectivity index (χ2v) is 5.59. The van der Waals surface area contributed by atoms with Gasteiger partial charge >= 0.3 is 0 Å². The van der Waals surface area contributed by atoms with Gasteiger partial charge in [0.05, 0.1) is 10.4 Å². The highest BCUT2D eigenvalue weighted by Crippen LogP contribution is 2.23. The van der Waals surface area contributed by atoms with E-state index in [1.54, 1.807) is 6.07 Å². The fraction of sp³-hybridized carbons (Fsp3) is 0.0625. The summed E-state index contributed by atoms with van der Waals surface area (Å²) in [5.41, 5.74) is 6.75. The number of benzene rings is 2. The highest BCUT2D eigenvalue weighted by molar-refractivity contribution is 6.28. The summed E-state index contributed by atoms with van der Waals surface area (Å²) in [5, 5.41) is 11.5. The van der Waals surface area contributed by atoms with E-state index in [9.17, 15) is 14.9 Å². The van der Waals surface area contributed by atoms with Crippen LogP contribution in [0.4, 0.5) is 11.5 Å². The first-order valence-electron chi connectivity index (χ1n) is 7.19. The van der Waals surface area contributed by atoms with Crippen LogP contribution in [0.5, 0.6) is 0 Å². The van der Waals surface area contributed by atoms with Gasteiger partial charge in [-0.3, -0.25) is 25.8 Å². The van der Waals surface area contributed by atoms with Crippen LogP contribution in [0.15, 0.2) is 42.5 Å². The molecule has 0 unspecified atom stereocenters. The summed E-state index contributed by atoms with van der Waals surface area (Å²) in [5.74, 6) is -0.211. The van der Waals surface area contributed by atoms with Crippen molar-refractivity contribution in [3.8, 4) is 0 Å². The molecule has 3 aromatic rings. The van der Waals surface area contributed by atoms with Gasteiger partial charge in [-0.25, -0.2) is 4.98 Å². The van der Waals surface area contributed by atoms with Gasteiger partial charge < -0.3 is 0 Å². The van der Waals surface area contributed by atoms with Crippen LogP contribution >= 0.6 is 11.6 Å². The minimum Gasteiger partial charge on any atom is -0.281 e. The molecule has 0 fully saturated rings. The molecule has 0 radical (unpaired) electrons. The number of carbonyl (C=O) groups excluding carboxylic acids is 1. The second-order valence-electron chi connectivity index (χ2n) is 5.25. The number of non-ortho nitro benzene ring substituents is 1. The zero-order valence-electron chi connectivity index (χ0n) is 13.0. The molecular weight excluding hydrogens is 346 g/mol. The Morgan fingerprint density at radius 3 is 2.76 bits per heavy atom. The number of hydrogen-bond acceptors (Lipinski definition) is 6. The SMILES string of the molecule is Cc1ccc2nc(Cl)nc(NNC(=O)c3cccc([N+](=O)[O-])c3)c2c1. The molecule has 126 valence electrons. The number of nitrogens with zero attached hydrogens (tertiary/aromatic N) is 3. The number of carbonyl (C=O) groups is 1. The maximum atomic E-state index is 12.2. The number of aryl methyl sites for hydroxylation is 1. The average Bonchev–Trinajstić information content (AvgIpc) is 2.59. The van der Waals surface area contributed by atoms with Crippen molar-refractivity contribution in [3.63, 3.8) is 0 Å². The number of rotatable bonds is 4. The maximum absolute atomic E-state index is 12.2. The van der Waals surface area contributed by atoms with E-state index in [-0.39, 0.29) is 16.5 Å². The van der Waals surface area contributed by atoms with E-state index in [2.05, 4.69) is 20.8 Å². The van der Waals surface area contributed by atoms with E-state index in [0.29, 0.717) is 16.7 Å². The topological polar surface area (TPSA) is 110 Å². The van der Waals surface area contributed by atoms with Gasteiger partial charge in [0.1, 0.15) is 0 Å². The van der Waals surface area contributed by atoms with E-state index in [4.69, 9.17) is 11.6 Å². The molecular formula is C16H12ClN5O3. The Hall–Kier alpha value is -3.26. The normalized spacial score (nSPS) is 10.5. The monoisotopic (exact) mass is 357 g/mol. The molecule has 0 spiro atoms. The van der Waals surface area contributed by atoms with Crippen LogP contribution in [0, 0.1) is 17.0 Å². The summed E-state index contributed by atoms with van der Waals surface area (Å²) in [4.78, 5) is 30.6. The quantitative estimate of drug-likeness (QED) is 0.421. The van der Waals surface area contributed by atoms with Crippen molar-refractivity contribution >= 4 is 39.9 Å². The molecule has 9 heteroatoms. The predicted molar refractivity (Wildman–Crippen MR) is 93.5 cm³/mol. The third-order valence-corrected chi connectivity index (χ3v) is 3.61. The van der Waals surface area contributed by atoms with Crippen LogP contribution in [0.1, 0.15) is 15.9 Å². The number of anilines is 1. The van der Waals surface area contributed by atoms with Crippen molar-refractivity contribution in [1.82, 2.24) is 15.4 Å². The molecule has 0 saturated heterocycles. The smallest absolute Gasteiger partial charge is 0.270 e. The zero-order valence-corrected chi connectivity index (χ0v) is 13.7. The fourth-order valence-corrected chi connectivity index (χ4v) is 2.43. The van der Waals surface area contributed by atoms with E-state index in [1.807, 2.05) is 19.1 Å². The molecule has 0 aliphatic carbocycles. The van der Waals surface area contributed by atoms with Crippen LogP contribution in [-0.4, -0.2) is 20.8 Å². The molecule has 0 saturated carbocycles. The van der Waals surface area contributed by atoms with Gasteiger partial charge in [0, 0.05) is 23.1 Å². The summed E-state index contributed by atoms with van der Waals surface area (Å²) in [6.45, 7) is 1.92. The van der Waals surface area contributed by atoms with Crippen LogP contribution < -0.4 is 10.9 Å². The number of hydrazine groups is 1. The number of nitro benzene ring substituents is 1. The molecule has 2 N–H and O–H groups in total. The summed E-state index contributed by atoms with van der Waals surface area (Å²) in [7, 11) is 0. The molecule has 0 aliphatic rings. The van der Waals surface area contributed by atoms with Gasteiger partial charge in [0.25, 0.3) is 11.6 Å². The van der Waals surface area contributed by atoms with Gasteiger partial charge in [-0.1, -0.05) is 17.7 Å². The summed E-state index contributed by atoms with van der Waals surface area (Å²) >= 11 is 5.90. The lowest BCUT2D eigenvalue weighted by molar-refractivity contribution is -0.384. The maximum Gasteiger partial charge on any atom is 0.270 e. The minimum absolute atomic E-state index is 0.0310. The zero-order chi connectivity index (χ0) is 18.0. The standard InChI is InChI=1S/C16H12ClN5O3/c1-9-5-6-13-12(7-9)14(19-16(17)18-13)20-21-15(23)10-3-2-4-11(8-10)22(24)25/h2-8H,1H3,(H,21,23)(H,18,19,20). The van der Waals surface area contributed by atoms with Crippen molar-refractivity contribution in [2.75, 3.05) is 5.43 Å². The molecule has 0 aliphatic heterocycles. The average molecular weight is 358 g/mol. The summed E-state index contributed by atoms with van der Waals surface area (Å²) in [6.07, 6.45) is 0. The number of aromatic nitrogens is 2. The number of nitro groups is 1. The first-order chi connectivity index (χ1) is 11.9. The van der Waals surface area contributed by atoms with Crippen molar-refractivity contribution in [3.05, 3.63) is 69.0 Å². The van der Waals surface area contributed by atoms with Crippen LogP contribution in [-0.2, 0) is 0 Å². The molecule has 25 heavy (non-hydrogen) atoms. The number of fused-ring (bicyclic) bond motifs is 1. The van der Waals surface area contributed by atoms with Crippen LogP contribution in [0.25, 0.3) is 10.9 Å².